The monoisotopic (exact) mass is 441 g/mol. The maximum absolute atomic E-state index is 13.4. The molecule has 5 nitrogen and oxygen atoms in total. The third kappa shape index (κ3) is 4.53. The number of aliphatic hydroxyl groups excluding tert-OH is 1. The van der Waals surface area contributed by atoms with E-state index >= 15 is 0 Å². The second-order valence-electron chi connectivity index (χ2n) is 8.05. The van der Waals surface area contributed by atoms with Gasteiger partial charge in [-0.3, -0.25) is 14.5 Å². The van der Waals surface area contributed by atoms with Gasteiger partial charge in [0.25, 0.3) is 5.91 Å². The number of hydrogen-bond acceptors (Lipinski definition) is 4. The molecule has 0 bridgehead atoms. The molecule has 1 heterocycles. The number of Topliss-reactive ketones (excluding diaryl/α,β-unsaturated/α-hetero) is 1. The number of anilines is 1. The zero-order chi connectivity index (χ0) is 23.4. The topological polar surface area (TPSA) is 66.8 Å². The summed E-state index contributed by atoms with van der Waals surface area (Å²) in [6, 6.07) is 23.9. The predicted octanol–water partition coefficient (Wildman–Crippen LogP) is 5.36. The van der Waals surface area contributed by atoms with Crippen molar-refractivity contribution in [3.8, 4) is 5.75 Å². The second kappa shape index (κ2) is 9.74. The van der Waals surface area contributed by atoms with Gasteiger partial charge in [0.2, 0.25) is 0 Å². The molecule has 1 aliphatic heterocycles. The zero-order valence-electron chi connectivity index (χ0n) is 18.8. The molecule has 0 saturated carbocycles. The van der Waals surface area contributed by atoms with Crippen molar-refractivity contribution in [1.29, 1.82) is 0 Å². The molecule has 0 aliphatic carbocycles. The van der Waals surface area contributed by atoms with E-state index in [-0.39, 0.29) is 17.8 Å². The van der Waals surface area contributed by atoms with Crippen molar-refractivity contribution in [2.24, 2.45) is 0 Å². The van der Waals surface area contributed by atoms with Crippen LogP contribution in [0, 0.1) is 0 Å². The van der Waals surface area contributed by atoms with E-state index < -0.39 is 17.7 Å². The minimum absolute atomic E-state index is 0.128. The van der Waals surface area contributed by atoms with E-state index in [0.717, 1.165) is 17.5 Å². The number of ether oxygens (including phenoxy) is 1. The summed E-state index contributed by atoms with van der Waals surface area (Å²) in [5.74, 6) is -0.690. The number of rotatable bonds is 8. The minimum Gasteiger partial charge on any atom is -0.503 e. The Bertz CT molecular complexity index is 1180. The lowest BCUT2D eigenvalue weighted by atomic mass is 9.93. The van der Waals surface area contributed by atoms with E-state index in [1.165, 1.54) is 4.90 Å². The number of benzene rings is 3. The Morgan fingerprint density at radius 3 is 2.36 bits per heavy atom. The normalized spacial score (nSPS) is 15.8. The van der Waals surface area contributed by atoms with Crippen LogP contribution in [0.4, 0.5) is 5.69 Å². The Hall–Kier alpha value is -3.86. The van der Waals surface area contributed by atoms with Crippen molar-refractivity contribution in [2.75, 3.05) is 12.0 Å². The van der Waals surface area contributed by atoms with Crippen LogP contribution in [0.15, 0.2) is 90.2 Å². The van der Waals surface area contributed by atoms with Gasteiger partial charge in [-0.25, -0.2) is 0 Å². The van der Waals surface area contributed by atoms with Gasteiger partial charge in [-0.05, 0) is 53.8 Å². The largest absolute Gasteiger partial charge is 0.503 e. The van der Waals surface area contributed by atoms with Gasteiger partial charge in [0.05, 0.1) is 18.7 Å². The van der Waals surface area contributed by atoms with Crippen LogP contribution in [0.1, 0.15) is 36.1 Å². The first-order chi connectivity index (χ1) is 16.0. The number of carbonyl (C=O) groups is 2. The van der Waals surface area contributed by atoms with Crippen LogP contribution >= 0.6 is 0 Å². The molecular weight excluding hydrogens is 414 g/mol. The van der Waals surface area contributed by atoms with Crippen LogP contribution in [0.2, 0.25) is 0 Å². The van der Waals surface area contributed by atoms with Gasteiger partial charge in [-0.15, -0.1) is 0 Å². The zero-order valence-corrected chi connectivity index (χ0v) is 18.8. The van der Waals surface area contributed by atoms with Gasteiger partial charge >= 0.3 is 0 Å². The maximum Gasteiger partial charge on any atom is 0.294 e. The molecule has 0 saturated heterocycles. The van der Waals surface area contributed by atoms with Crippen molar-refractivity contribution in [3.63, 3.8) is 0 Å². The van der Waals surface area contributed by atoms with Crippen LogP contribution < -0.4 is 9.64 Å². The molecule has 1 atom stereocenters. The lowest BCUT2D eigenvalue weighted by molar-refractivity contribution is -0.118. The van der Waals surface area contributed by atoms with Crippen molar-refractivity contribution in [2.45, 2.75) is 32.2 Å². The fourth-order valence-electron chi connectivity index (χ4n) is 4.21. The number of carbonyl (C=O) groups excluding carboxylic acids is 2. The lowest BCUT2D eigenvalue weighted by Gasteiger charge is -2.27. The molecule has 5 heteroatoms. The lowest BCUT2D eigenvalue weighted by Crippen LogP contribution is -2.31. The Kier molecular flexibility index (Phi) is 6.59. The van der Waals surface area contributed by atoms with Crippen molar-refractivity contribution in [1.82, 2.24) is 0 Å². The summed E-state index contributed by atoms with van der Waals surface area (Å²) in [4.78, 5) is 28.1. The van der Waals surface area contributed by atoms with E-state index in [2.05, 4.69) is 6.92 Å². The van der Waals surface area contributed by atoms with Gasteiger partial charge in [-0.2, -0.15) is 0 Å². The highest BCUT2D eigenvalue weighted by molar-refractivity contribution is 6.16. The van der Waals surface area contributed by atoms with E-state index in [1.54, 1.807) is 19.2 Å². The SMILES string of the molecule is CCc1ccc(N2C(=O)C(O)=C(C(=O)CCc3ccccc3)C2c2cccc(OC)c2)cc1. The highest BCUT2D eigenvalue weighted by Gasteiger charge is 2.44. The highest BCUT2D eigenvalue weighted by Crippen LogP contribution is 2.42. The molecule has 0 fully saturated rings. The fraction of sp³-hybridized carbons (Fsp3) is 0.214. The van der Waals surface area contributed by atoms with Crippen LogP contribution in [-0.4, -0.2) is 23.9 Å². The van der Waals surface area contributed by atoms with Crippen LogP contribution in [0.5, 0.6) is 5.75 Å². The maximum atomic E-state index is 13.4. The molecule has 0 radical (unpaired) electrons. The van der Waals surface area contributed by atoms with Gasteiger partial charge in [-0.1, -0.05) is 61.5 Å². The molecule has 33 heavy (non-hydrogen) atoms. The van der Waals surface area contributed by atoms with E-state index in [0.29, 0.717) is 23.4 Å². The molecule has 168 valence electrons. The first-order valence-electron chi connectivity index (χ1n) is 11.1. The van der Waals surface area contributed by atoms with Crippen LogP contribution in [0.3, 0.4) is 0 Å². The summed E-state index contributed by atoms with van der Waals surface area (Å²) < 4.78 is 5.37. The van der Waals surface area contributed by atoms with Gasteiger partial charge in [0.1, 0.15) is 5.75 Å². The average Bonchev–Trinajstić information content (AvgIpc) is 3.13. The number of nitrogens with zero attached hydrogens (tertiary/aromatic N) is 1. The summed E-state index contributed by atoms with van der Waals surface area (Å²) in [7, 11) is 1.57. The number of aliphatic hydroxyl groups is 1. The summed E-state index contributed by atoms with van der Waals surface area (Å²) in [6.45, 7) is 2.06. The number of aryl methyl sites for hydroxylation is 2. The predicted molar refractivity (Wildman–Crippen MR) is 128 cm³/mol. The number of ketones is 1. The smallest absolute Gasteiger partial charge is 0.294 e. The molecule has 3 aromatic carbocycles. The Morgan fingerprint density at radius 1 is 0.970 bits per heavy atom. The van der Waals surface area contributed by atoms with Crippen molar-refractivity contribution in [3.05, 3.63) is 107 Å². The van der Waals surface area contributed by atoms with Crippen molar-refractivity contribution < 1.29 is 19.4 Å². The molecule has 1 aliphatic rings. The minimum atomic E-state index is -0.733. The summed E-state index contributed by atoms with van der Waals surface area (Å²) in [6.07, 6.45) is 1.60. The number of hydrogen-bond donors (Lipinski definition) is 1. The second-order valence-corrected chi connectivity index (χ2v) is 8.05. The quantitative estimate of drug-likeness (QED) is 0.511. The van der Waals surface area contributed by atoms with Gasteiger partial charge in [0.15, 0.2) is 11.5 Å². The summed E-state index contributed by atoms with van der Waals surface area (Å²) in [5.41, 5.74) is 3.63. The van der Waals surface area contributed by atoms with E-state index in [9.17, 15) is 14.7 Å². The number of methoxy groups -OCH3 is 1. The molecule has 4 rings (SSSR count). The molecule has 0 aromatic heterocycles. The Labute approximate surface area is 193 Å². The molecule has 1 unspecified atom stereocenters. The van der Waals surface area contributed by atoms with Gasteiger partial charge in [0, 0.05) is 12.1 Å². The summed E-state index contributed by atoms with van der Waals surface area (Å²) in [5, 5.41) is 10.9. The molecule has 1 N–H and O–H groups in total. The molecule has 3 aromatic rings. The van der Waals surface area contributed by atoms with Crippen LogP contribution in [0.25, 0.3) is 0 Å². The average molecular weight is 442 g/mol. The Morgan fingerprint density at radius 2 is 1.70 bits per heavy atom. The van der Waals surface area contributed by atoms with Crippen LogP contribution in [-0.2, 0) is 22.4 Å². The van der Waals surface area contributed by atoms with E-state index in [4.69, 9.17) is 4.74 Å². The first-order valence-corrected chi connectivity index (χ1v) is 11.1. The number of amides is 1. The first kappa shape index (κ1) is 22.3. The summed E-state index contributed by atoms with van der Waals surface area (Å²) >= 11 is 0. The van der Waals surface area contributed by atoms with Gasteiger partial charge < -0.3 is 9.84 Å². The molecule has 0 spiro atoms. The highest BCUT2D eigenvalue weighted by atomic mass is 16.5. The third-order valence-corrected chi connectivity index (χ3v) is 6.02. The molecule has 1 amide bonds. The van der Waals surface area contributed by atoms with Crippen molar-refractivity contribution >= 4 is 17.4 Å². The third-order valence-electron chi connectivity index (χ3n) is 6.02. The fourth-order valence-corrected chi connectivity index (χ4v) is 4.21. The Balaban J connectivity index is 1.73. The standard InChI is InChI=1S/C28H27NO4/c1-3-19-12-15-22(16-13-19)29-26(21-10-7-11-23(18-21)33-2)25(27(31)28(29)32)24(30)17-14-20-8-5-4-6-9-20/h4-13,15-16,18,26,31H,3,14,17H2,1-2H3. The van der Waals surface area contributed by atoms with E-state index in [1.807, 2.05) is 66.7 Å². The molecular formula is C28H27NO4.